The molecule has 4 nitrogen and oxygen atoms in total. The number of halogens is 1. The first-order valence-electron chi connectivity index (χ1n) is 7.82. The van der Waals surface area contributed by atoms with Gasteiger partial charge in [-0.15, -0.1) is 0 Å². The van der Waals surface area contributed by atoms with E-state index in [0.717, 1.165) is 16.7 Å². The first kappa shape index (κ1) is 17.1. The summed E-state index contributed by atoms with van der Waals surface area (Å²) in [6.45, 7) is 4.58. The quantitative estimate of drug-likeness (QED) is 0.855. The van der Waals surface area contributed by atoms with Crippen molar-refractivity contribution in [1.29, 1.82) is 0 Å². The molecule has 1 fully saturated rings. The van der Waals surface area contributed by atoms with E-state index in [1.165, 1.54) is 16.4 Å². The molecule has 1 aliphatic heterocycles. The van der Waals surface area contributed by atoms with Crippen LogP contribution in [-0.2, 0) is 14.8 Å². The Kier molecular flexibility index (Phi) is 4.71. The second kappa shape index (κ2) is 6.63. The van der Waals surface area contributed by atoms with Crippen LogP contribution in [0.15, 0.2) is 47.4 Å². The number of morpholine rings is 1. The Morgan fingerprint density at radius 2 is 1.83 bits per heavy atom. The maximum Gasteiger partial charge on any atom is 0.243 e. The van der Waals surface area contributed by atoms with E-state index in [4.69, 9.17) is 4.74 Å². The highest BCUT2D eigenvalue weighted by atomic mass is 32.2. The van der Waals surface area contributed by atoms with Crippen LogP contribution in [-0.4, -0.2) is 32.4 Å². The topological polar surface area (TPSA) is 46.6 Å². The van der Waals surface area contributed by atoms with Gasteiger partial charge in [-0.2, -0.15) is 4.31 Å². The lowest BCUT2D eigenvalue weighted by atomic mass is 10.1. The van der Waals surface area contributed by atoms with Gasteiger partial charge in [0.25, 0.3) is 0 Å². The van der Waals surface area contributed by atoms with E-state index in [0.29, 0.717) is 18.0 Å². The van der Waals surface area contributed by atoms with Crippen molar-refractivity contribution in [3.63, 3.8) is 0 Å². The van der Waals surface area contributed by atoms with Crippen LogP contribution in [0.4, 0.5) is 4.39 Å². The Morgan fingerprint density at radius 3 is 2.50 bits per heavy atom. The maximum absolute atomic E-state index is 13.1. The summed E-state index contributed by atoms with van der Waals surface area (Å²) in [5, 5.41) is 0. The lowest BCUT2D eigenvalue weighted by Gasteiger charge is -2.32. The van der Waals surface area contributed by atoms with E-state index in [1.54, 1.807) is 31.2 Å². The minimum absolute atomic E-state index is 0.223. The first-order valence-corrected chi connectivity index (χ1v) is 9.26. The molecule has 6 heteroatoms. The van der Waals surface area contributed by atoms with Crippen molar-refractivity contribution in [1.82, 2.24) is 4.31 Å². The van der Waals surface area contributed by atoms with E-state index in [1.807, 2.05) is 13.0 Å². The van der Waals surface area contributed by atoms with Crippen molar-refractivity contribution in [2.24, 2.45) is 0 Å². The molecule has 1 saturated heterocycles. The van der Waals surface area contributed by atoms with Crippen molar-refractivity contribution in [2.75, 3.05) is 19.7 Å². The zero-order valence-corrected chi connectivity index (χ0v) is 14.5. The van der Waals surface area contributed by atoms with Crippen LogP contribution < -0.4 is 0 Å². The Bertz CT molecular complexity index is 834. The predicted octanol–water partition coefficient (Wildman–Crippen LogP) is 3.20. The highest BCUT2D eigenvalue weighted by Crippen LogP contribution is 2.28. The SMILES string of the molecule is Cc1ccc(S(=O)(=O)N2CCOC(c3ccc(F)cc3)C2)c(C)c1. The highest BCUT2D eigenvalue weighted by molar-refractivity contribution is 7.89. The van der Waals surface area contributed by atoms with Crippen LogP contribution in [0.3, 0.4) is 0 Å². The Balaban J connectivity index is 1.87. The molecule has 0 bridgehead atoms. The molecule has 3 rings (SSSR count). The number of sulfonamides is 1. The van der Waals surface area contributed by atoms with Gasteiger partial charge in [0.2, 0.25) is 10.0 Å². The third kappa shape index (κ3) is 3.36. The summed E-state index contributed by atoms with van der Waals surface area (Å²) in [6.07, 6.45) is -0.389. The number of aryl methyl sites for hydroxylation is 2. The van der Waals surface area contributed by atoms with Crippen LogP contribution in [0.5, 0.6) is 0 Å². The number of rotatable bonds is 3. The molecule has 0 aliphatic carbocycles. The number of nitrogens with zero attached hydrogens (tertiary/aromatic N) is 1. The summed E-state index contributed by atoms with van der Waals surface area (Å²) in [7, 11) is -3.58. The van der Waals surface area contributed by atoms with Crippen LogP contribution in [0, 0.1) is 19.7 Å². The second-order valence-corrected chi connectivity index (χ2v) is 7.95. The third-order valence-electron chi connectivity index (χ3n) is 4.22. The minimum atomic E-state index is -3.58. The van der Waals surface area contributed by atoms with Crippen LogP contribution in [0.25, 0.3) is 0 Å². The van der Waals surface area contributed by atoms with Crippen molar-refractivity contribution in [3.05, 3.63) is 65.0 Å². The molecule has 0 spiro atoms. The monoisotopic (exact) mass is 349 g/mol. The van der Waals surface area contributed by atoms with E-state index >= 15 is 0 Å². The van der Waals surface area contributed by atoms with Gasteiger partial charge in [0.05, 0.1) is 17.6 Å². The van der Waals surface area contributed by atoms with E-state index in [-0.39, 0.29) is 18.5 Å². The van der Waals surface area contributed by atoms with Gasteiger partial charge in [0, 0.05) is 13.1 Å². The maximum atomic E-state index is 13.1. The lowest BCUT2D eigenvalue weighted by Crippen LogP contribution is -2.42. The molecule has 2 aromatic carbocycles. The molecule has 0 aromatic heterocycles. The summed E-state index contributed by atoms with van der Waals surface area (Å²) in [6, 6.07) is 11.3. The summed E-state index contributed by atoms with van der Waals surface area (Å²) in [4.78, 5) is 0.327. The number of ether oxygens (including phenoxy) is 1. The van der Waals surface area contributed by atoms with Gasteiger partial charge in [-0.1, -0.05) is 29.8 Å². The average Bonchev–Trinajstić information content (AvgIpc) is 2.55. The van der Waals surface area contributed by atoms with Crippen LogP contribution >= 0.6 is 0 Å². The fourth-order valence-corrected chi connectivity index (χ4v) is 4.58. The molecule has 0 amide bonds. The van der Waals surface area contributed by atoms with E-state index in [2.05, 4.69) is 0 Å². The Labute approximate surface area is 141 Å². The van der Waals surface area contributed by atoms with Gasteiger partial charge in [-0.3, -0.25) is 0 Å². The van der Waals surface area contributed by atoms with Crippen molar-refractivity contribution >= 4 is 10.0 Å². The smallest absolute Gasteiger partial charge is 0.243 e. The highest BCUT2D eigenvalue weighted by Gasteiger charge is 2.32. The molecule has 0 N–H and O–H groups in total. The number of benzene rings is 2. The van der Waals surface area contributed by atoms with Gasteiger partial charge in [-0.25, -0.2) is 12.8 Å². The van der Waals surface area contributed by atoms with Crippen molar-refractivity contribution in [2.45, 2.75) is 24.8 Å². The summed E-state index contributed by atoms with van der Waals surface area (Å²) < 4.78 is 46.1. The standard InChI is InChI=1S/C18H20FNO3S/c1-13-3-8-18(14(2)11-13)24(21,22)20-9-10-23-17(12-20)15-4-6-16(19)7-5-15/h3-8,11,17H,9-10,12H2,1-2H3. The molecular formula is C18H20FNO3S. The Hall–Kier alpha value is -1.76. The Morgan fingerprint density at radius 1 is 1.12 bits per heavy atom. The van der Waals surface area contributed by atoms with Crippen molar-refractivity contribution in [3.8, 4) is 0 Å². The fraction of sp³-hybridized carbons (Fsp3) is 0.333. The van der Waals surface area contributed by atoms with Gasteiger partial charge in [-0.05, 0) is 43.2 Å². The van der Waals surface area contributed by atoms with E-state index < -0.39 is 10.0 Å². The lowest BCUT2D eigenvalue weighted by molar-refractivity contribution is -0.00259. The number of hydrogen-bond acceptors (Lipinski definition) is 3. The minimum Gasteiger partial charge on any atom is -0.371 e. The van der Waals surface area contributed by atoms with Gasteiger partial charge in [0.1, 0.15) is 5.82 Å². The molecule has 1 heterocycles. The zero-order chi connectivity index (χ0) is 17.3. The molecule has 128 valence electrons. The van der Waals surface area contributed by atoms with Crippen molar-refractivity contribution < 1.29 is 17.5 Å². The number of hydrogen-bond donors (Lipinski definition) is 0. The average molecular weight is 349 g/mol. The van der Waals surface area contributed by atoms with Crippen LogP contribution in [0.1, 0.15) is 22.8 Å². The van der Waals surface area contributed by atoms with E-state index in [9.17, 15) is 12.8 Å². The molecule has 1 unspecified atom stereocenters. The molecular weight excluding hydrogens is 329 g/mol. The summed E-state index contributed by atoms with van der Waals surface area (Å²) in [5.74, 6) is -0.325. The van der Waals surface area contributed by atoms with Gasteiger partial charge >= 0.3 is 0 Å². The third-order valence-corrected chi connectivity index (χ3v) is 6.24. The zero-order valence-electron chi connectivity index (χ0n) is 13.7. The summed E-state index contributed by atoms with van der Waals surface area (Å²) in [5.41, 5.74) is 2.54. The van der Waals surface area contributed by atoms with Gasteiger partial charge < -0.3 is 4.74 Å². The molecule has 1 aliphatic rings. The molecule has 1 atom stereocenters. The second-order valence-electron chi connectivity index (χ2n) is 6.04. The normalized spacial score (nSPS) is 19.4. The van der Waals surface area contributed by atoms with Crippen LogP contribution in [0.2, 0.25) is 0 Å². The van der Waals surface area contributed by atoms with Gasteiger partial charge in [0.15, 0.2) is 0 Å². The molecule has 24 heavy (non-hydrogen) atoms. The largest absolute Gasteiger partial charge is 0.371 e. The molecule has 2 aromatic rings. The predicted molar refractivity (Wildman–Crippen MR) is 89.8 cm³/mol. The fourth-order valence-electron chi connectivity index (χ4n) is 2.95. The first-order chi connectivity index (χ1) is 11.4. The summed E-state index contributed by atoms with van der Waals surface area (Å²) >= 11 is 0. The molecule has 0 saturated carbocycles. The molecule has 0 radical (unpaired) electrons.